The highest BCUT2D eigenvalue weighted by atomic mass is 79.9. The van der Waals surface area contributed by atoms with Crippen LogP contribution < -0.4 is 5.32 Å². The van der Waals surface area contributed by atoms with Gasteiger partial charge in [0.05, 0.1) is 10.9 Å². The summed E-state index contributed by atoms with van der Waals surface area (Å²) in [6, 6.07) is 7.25. The second-order valence-electron chi connectivity index (χ2n) is 3.22. The molecule has 0 fully saturated rings. The zero-order valence-electron chi connectivity index (χ0n) is 8.61. The van der Waals surface area contributed by atoms with E-state index < -0.39 is 0 Å². The largest absolute Gasteiger partial charge is 0.346 e. The number of aromatic nitrogens is 1. The summed E-state index contributed by atoms with van der Waals surface area (Å²) < 4.78 is 1.40. The monoisotopic (exact) mass is 330 g/mol. The fourth-order valence-electron chi connectivity index (χ4n) is 1.25. The van der Waals surface area contributed by atoms with Crippen LogP contribution in [0, 0.1) is 0 Å². The molecule has 0 aliphatic carbocycles. The fourth-order valence-corrected chi connectivity index (χ4v) is 2.71. The zero-order valence-corrected chi connectivity index (χ0v) is 11.8. The number of carbonyl (C=O) groups is 1. The molecule has 2 aromatic rings. The molecule has 0 spiro atoms. The minimum atomic E-state index is -0.206. The molecule has 88 valence electrons. The summed E-state index contributed by atoms with van der Waals surface area (Å²) in [6.45, 7) is 0.458. The molecule has 6 heteroatoms. The molecule has 2 aromatic heterocycles. The number of rotatable bonds is 3. The first kappa shape index (κ1) is 12.5. The van der Waals surface area contributed by atoms with Gasteiger partial charge in [0.25, 0.3) is 5.91 Å². The van der Waals surface area contributed by atoms with Crippen LogP contribution in [-0.2, 0) is 6.54 Å². The Labute approximate surface area is 116 Å². The molecule has 0 aromatic carbocycles. The molecule has 0 saturated heterocycles. The molecule has 0 aliphatic rings. The summed E-state index contributed by atoms with van der Waals surface area (Å²) in [5, 5.41) is 2.79. The van der Waals surface area contributed by atoms with E-state index in [1.807, 2.05) is 12.1 Å². The normalized spacial score (nSPS) is 10.2. The summed E-state index contributed by atoms with van der Waals surface area (Å²) in [5.41, 5.74) is 0.384. The van der Waals surface area contributed by atoms with Crippen LogP contribution in [0.5, 0.6) is 0 Å². The van der Waals surface area contributed by atoms with Crippen molar-refractivity contribution in [3.05, 3.63) is 49.8 Å². The van der Waals surface area contributed by atoms with E-state index in [1.165, 1.54) is 11.3 Å². The first-order chi connectivity index (χ1) is 8.16. The number of nitrogens with zero attached hydrogens (tertiary/aromatic N) is 1. The number of thiophene rings is 1. The van der Waals surface area contributed by atoms with Crippen LogP contribution in [0.2, 0.25) is 4.34 Å². The third kappa shape index (κ3) is 3.28. The molecule has 2 heterocycles. The number of hydrogen-bond donors (Lipinski definition) is 1. The average Bonchev–Trinajstić information content (AvgIpc) is 2.73. The minimum absolute atomic E-state index is 0.206. The molecule has 3 nitrogen and oxygen atoms in total. The predicted octanol–water partition coefficient (Wildman–Crippen LogP) is 3.49. The molecule has 0 saturated carbocycles. The maximum Gasteiger partial charge on any atom is 0.271 e. The standard InChI is InChI=1S/C11H8BrClN2OS/c12-8-2-1-5-14-10(8)11(16)15-6-7-3-4-9(13)17-7/h1-5H,6H2,(H,15,16). The quantitative estimate of drug-likeness (QED) is 0.935. The van der Waals surface area contributed by atoms with E-state index in [2.05, 4.69) is 26.2 Å². The van der Waals surface area contributed by atoms with Gasteiger partial charge in [-0.25, -0.2) is 4.98 Å². The Morgan fingerprint density at radius 3 is 2.94 bits per heavy atom. The van der Waals surface area contributed by atoms with Gasteiger partial charge in [0, 0.05) is 15.5 Å². The summed E-state index contributed by atoms with van der Waals surface area (Å²) >= 11 is 10.5. The van der Waals surface area contributed by atoms with E-state index in [0.717, 1.165) is 4.88 Å². The minimum Gasteiger partial charge on any atom is -0.346 e. The van der Waals surface area contributed by atoms with Gasteiger partial charge in [-0.1, -0.05) is 11.6 Å². The van der Waals surface area contributed by atoms with Crippen molar-refractivity contribution in [1.82, 2.24) is 10.3 Å². The van der Waals surface area contributed by atoms with Crippen LogP contribution in [0.25, 0.3) is 0 Å². The van der Waals surface area contributed by atoms with Gasteiger partial charge < -0.3 is 5.32 Å². The van der Waals surface area contributed by atoms with Crippen molar-refractivity contribution in [3.63, 3.8) is 0 Å². The van der Waals surface area contributed by atoms with Gasteiger partial charge in [-0.3, -0.25) is 4.79 Å². The number of pyridine rings is 1. The topological polar surface area (TPSA) is 42.0 Å². The van der Waals surface area contributed by atoms with Crippen LogP contribution >= 0.6 is 38.9 Å². The van der Waals surface area contributed by atoms with E-state index in [9.17, 15) is 4.79 Å². The van der Waals surface area contributed by atoms with Crippen molar-refractivity contribution in [2.24, 2.45) is 0 Å². The Kier molecular flexibility index (Phi) is 4.15. The molecule has 17 heavy (non-hydrogen) atoms. The highest BCUT2D eigenvalue weighted by molar-refractivity contribution is 9.10. The fraction of sp³-hybridized carbons (Fsp3) is 0.0909. The second kappa shape index (κ2) is 5.62. The molecule has 1 N–H and O–H groups in total. The Balaban J connectivity index is 2.01. The predicted molar refractivity (Wildman–Crippen MR) is 72.4 cm³/mol. The highest BCUT2D eigenvalue weighted by Gasteiger charge is 2.10. The Morgan fingerprint density at radius 2 is 2.29 bits per heavy atom. The first-order valence-corrected chi connectivity index (χ1v) is 6.78. The SMILES string of the molecule is O=C(NCc1ccc(Cl)s1)c1ncccc1Br. The lowest BCUT2D eigenvalue weighted by atomic mass is 10.3. The van der Waals surface area contributed by atoms with Gasteiger partial charge in [-0.05, 0) is 40.2 Å². The van der Waals surface area contributed by atoms with Crippen molar-refractivity contribution >= 4 is 44.8 Å². The molecular formula is C11H8BrClN2OS. The maximum atomic E-state index is 11.8. The molecule has 0 aliphatic heterocycles. The van der Waals surface area contributed by atoms with E-state index in [4.69, 9.17) is 11.6 Å². The Bertz CT molecular complexity index is 544. The number of carbonyl (C=O) groups excluding carboxylic acids is 1. The van der Waals surface area contributed by atoms with Gasteiger partial charge in [0.15, 0.2) is 0 Å². The van der Waals surface area contributed by atoms with Gasteiger partial charge in [0.2, 0.25) is 0 Å². The molecule has 0 bridgehead atoms. The molecule has 0 atom stereocenters. The molecule has 2 rings (SSSR count). The zero-order chi connectivity index (χ0) is 12.3. The summed E-state index contributed by atoms with van der Waals surface area (Å²) in [7, 11) is 0. The average molecular weight is 332 g/mol. The summed E-state index contributed by atoms with van der Waals surface area (Å²) in [5.74, 6) is -0.206. The van der Waals surface area contributed by atoms with E-state index in [0.29, 0.717) is 21.0 Å². The number of hydrogen-bond acceptors (Lipinski definition) is 3. The van der Waals surface area contributed by atoms with Crippen LogP contribution in [0.1, 0.15) is 15.4 Å². The Hall–Kier alpha value is -0.910. The van der Waals surface area contributed by atoms with Crippen LogP contribution in [0.3, 0.4) is 0 Å². The third-order valence-electron chi connectivity index (χ3n) is 2.03. The lowest BCUT2D eigenvalue weighted by Gasteiger charge is -2.04. The van der Waals surface area contributed by atoms with Gasteiger partial charge in [-0.15, -0.1) is 11.3 Å². The smallest absolute Gasteiger partial charge is 0.271 e. The van der Waals surface area contributed by atoms with Crippen molar-refractivity contribution in [2.75, 3.05) is 0 Å². The molecule has 0 radical (unpaired) electrons. The number of nitrogens with one attached hydrogen (secondary N) is 1. The van der Waals surface area contributed by atoms with Crippen LogP contribution in [0.4, 0.5) is 0 Å². The maximum absolute atomic E-state index is 11.8. The molecule has 0 unspecified atom stereocenters. The third-order valence-corrected chi connectivity index (χ3v) is 3.90. The molecular weight excluding hydrogens is 324 g/mol. The van der Waals surface area contributed by atoms with E-state index >= 15 is 0 Å². The van der Waals surface area contributed by atoms with Crippen molar-refractivity contribution in [2.45, 2.75) is 6.54 Å². The van der Waals surface area contributed by atoms with Crippen molar-refractivity contribution in [1.29, 1.82) is 0 Å². The highest BCUT2D eigenvalue weighted by Crippen LogP contribution is 2.21. The van der Waals surface area contributed by atoms with Crippen molar-refractivity contribution in [3.8, 4) is 0 Å². The Morgan fingerprint density at radius 1 is 1.47 bits per heavy atom. The van der Waals surface area contributed by atoms with Crippen LogP contribution in [0.15, 0.2) is 34.9 Å². The number of halogens is 2. The van der Waals surface area contributed by atoms with Gasteiger partial charge in [-0.2, -0.15) is 0 Å². The molecule has 1 amide bonds. The van der Waals surface area contributed by atoms with E-state index in [-0.39, 0.29) is 5.91 Å². The van der Waals surface area contributed by atoms with Gasteiger partial charge in [0.1, 0.15) is 5.69 Å². The van der Waals surface area contributed by atoms with E-state index in [1.54, 1.807) is 18.3 Å². The summed E-state index contributed by atoms with van der Waals surface area (Å²) in [6.07, 6.45) is 1.59. The number of amides is 1. The lowest BCUT2D eigenvalue weighted by Crippen LogP contribution is -2.23. The second-order valence-corrected chi connectivity index (χ2v) is 5.88. The summed E-state index contributed by atoms with van der Waals surface area (Å²) in [4.78, 5) is 16.8. The van der Waals surface area contributed by atoms with Gasteiger partial charge >= 0.3 is 0 Å². The van der Waals surface area contributed by atoms with Crippen molar-refractivity contribution < 1.29 is 4.79 Å². The lowest BCUT2D eigenvalue weighted by molar-refractivity contribution is 0.0945. The van der Waals surface area contributed by atoms with Crippen LogP contribution in [-0.4, -0.2) is 10.9 Å². The first-order valence-electron chi connectivity index (χ1n) is 4.80.